The van der Waals surface area contributed by atoms with Crippen molar-refractivity contribution in [3.63, 3.8) is 0 Å². The van der Waals surface area contributed by atoms with E-state index in [2.05, 4.69) is 25.6 Å². The van der Waals surface area contributed by atoms with Crippen molar-refractivity contribution in [1.82, 2.24) is 25.0 Å². The second-order valence-corrected chi connectivity index (χ2v) is 8.48. The van der Waals surface area contributed by atoms with Crippen LogP contribution in [-0.4, -0.2) is 62.8 Å². The molecule has 0 saturated heterocycles. The average Bonchev–Trinajstić information content (AvgIpc) is 3.39. The van der Waals surface area contributed by atoms with E-state index < -0.39 is 5.91 Å². The number of likely N-dealkylation sites (N-methyl/N-ethyl adjacent to an activating group) is 1. The van der Waals surface area contributed by atoms with Crippen molar-refractivity contribution in [2.24, 2.45) is 17.3 Å². The maximum absolute atomic E-state index is 12.1. The Morgan fingerprint density at radius 1 is 1.31 bits per heavy atom. The van der Waals surface area contributed by atoms with E-state index in [1.807, 2.05) is 11.9 Å². The largest absolute Gasteiger partial charge is 0.364 e. The number of nitrogens with one attached hydrogen (secondary N) is 2. The lowest BCUT2D eigenvalue weighted by Gasteiger charge is -2.36. The SMILES string of the molecule is CN(c1cnc(C(N)=O)c(Nc2cc(N(N)CC=N)cc(-n3ccnn3)c2)n1)C1CCCCC1N. The molecule has 13 nitrogen and oxygen atoms in total. The number of aromatic nitrogens is 5. The summed E-state index contributed by atoms with van der Waals surface area (Å²) in [6, 6.07) is 5.53. The summed E-state index contributed by atoms with van der Waals surface area (Å²) in [7, 11) is 1.93. The van der Waals surface area contributed by atoms with Gasteiger partial charge in [-0.3, -0.25) is 4.79 Å². The number of rotatable bonds is 9. The van der Waals surface area contributed by atoms with Crippen molar-refractivity contribution in [3.8, 4) is 5.69 Å². The summed E-state index contributed by atoms with van der Waals surface area (Å²) >= 11 is 0. The minimum Gasteiger partial charge on any atom is -0.364 e. The van der Waals surface area contributed by atoms with E-state index in [1.165, 1.54) is 17.4 Å². The first kappa shape index (κ1) is 24.0. The first-order chi connectivity index (χ1) is 16.9. The van der Waals surface area contributed by atoms with Gasteiger partial charge < -0.3 is 32.1 Å². The van der Waals surface area contributed by atoms with Crippen molar-refractivity contribution in [2.45, 2.75) is 37.8 Å². The summed E-state index contributed by atoms with van der Waals surface area (Å²) in [6.45, 7) is 0.203. The zero-order chi connectivity index (χ0) is 24.9. The number of carbonyl (C=O) groups excluding carboxylic acids is 1. The zero-order valence-corrected chi connectivity index (χ0v) is 19.5. The van der Waals surface area contributed by atoms with Crippen molar-refractivity contribution >= 4 is 35.1 Å². The number of anilines is 4. The summed E-state index contributed by atoms with van der Waals surface area (Å²) < 4.78 is 1.57. The maximum Gasteiger partial charge on any atom is 0.271 e. The van der Waals surface area contributed by atoms with E-state index >= 15 is 0 Å². The molecule has 2 heterocycles. The van der Waals surface area contributed by atoms with Crippen LogP contribution in [0.25, 0.3) is 5.69 Å². The van der Waals surface area contributed by atoms with E-state index in [1.54, 1.807) is 35.3 Å². The summed E-state index contributed by atoms with van der Waals surface area (Å²) in [5.74, 6) is 6.20. The van der Waals surface area contributed by atoms with Crippen LogP contribution in [0.3, 0.4) is 0 Å². The number of hydrogen-bond acceptors (Lipinski definition) is 11. The van der Waals surface area contributed by atoms with Gasteiger partial charge in [-0.2, -0.15) is 0 Å². The van der Waals surface area contributed by atoms with Gasteiger partial charge in [0.15, 0.2) is 11.5 Å². The van der Waals surface area contributed by atoms with Crippen LogP contribution in [0.15, 0.2) is 36.8 Å². The Morgan fingerprint density at radius 3 is 2.80 bits per heavy atom. The van der Waals surface area contributed by atoms with Crippen molar-refractivity contribution in [1.29, 1.82) is 5.41 Å². The number of nitrogens with zero attached hydrogens (tertiary/aromatic N) is 7. The Morgan fingerprint density at radius 2 is 2.11 bits per heavy atom. The number of benzene rings is 1. The Bertz CT molecular complexity index is 1180. The first-order valence-corrected chi connectivity index (χ1v) is 11.3. The lowest BCUT2D eigenvalue weighted by molar-refractivity contribution is 0.0996. The van der Waals surface area contributed by atoms with Crippen molar-refractivity contribution in [2.75, 3.05) is 28.8 Å². The van der Waals surface area contributed by atoms with Gasteiger partial charge in [0.25, 0.3) is 5.91 Å². The smallest absolute Gasteiger partial charge is 0.271 e. The number of amides is 1. The molecule has 4 rings (SSSR count). The Labute approximate surface area is 202 Å². The molecule has 1 saturated carbocycles. The molecule has 1 aromatic carbocycles. The minimum absolute atomic E-state index is 0.00639. The van der Waals surface area contributed by atoms with Gasteiger partial charge in [0.1, 0.15) is 5.82 Å². The molecule has 0 spiro atoms. The second-order valence-electron chi connectivity index (χ2n) is 8.48. The molecule has 184 valence electrons. The fourth-order valence-electron chi connectivity index (χ4n) is 4.26. The van der Waals surface area contributed by atoms with Crippen LogP contribution >= 0.6 is 0 Å². The number of primary amides is 1. The summed E-state index contributed by atoms with van der Waals surface area (Å²) in [6.07, 6.45) is 10.1. The Kier molecular flexibility index (Phi) is 7.17. The van der Waals surface area contributed by atoms with Gasteiger partial charge in [-0.15, -0.1) is 5.10 Å². The number of carbonyl (C=O) groups is 1. The monoisotopic (exact) mass is 478 g/mol. The van der Waals surface area contributed by atoms with Crippen LogP contribution in [0.1, 0.15) is 36.2 Å². The maximum atomic E-state index is 12.1. The predicted molar refractivity (Wildman–Crippen MR) is 134 cm³/mol. The average molecular weight is 479 g/mol. The van der Waals surface area contributed by atoms with E-state index in [0.717, 1.165) is 25.7 Å². The molecule has 1 amide bonds. The highest BCUT2D eigenvalue weighted by molar-refractivity contribution is 5.96. The summed E-state index contributed by atoms with van der Waals surface area (Å²) in [5.41, 5.74) is 13.8. The summed E-state index contributed by atoms with van der Waals surface area (Å²) in [5, 5.41) is 19.8. The number of hydrogen-bond donors (Lipinski definition) is 5. The molecule has 0 radical (unpaired) electrons. The summed E-state index contributed by atoms with van der Waals surface area (Å²) in [4.78, 5) is 23.1. The number of hydrazine groups is 1. The van der Waals surface area contributed by atoms with Gasteiger partial charge in [0, 0.05) is 31.0 Å². The molecule has 0 aliphatic heterocycles. The van der Waals surface area contributed by atoms with Gasteiger partial charge in [-0.1, -0.05) is 18.1 Å². The van der Waals surface area contributed by atoms with Crippen LogP contribution in [0.4, 0.5) is 23.0 Å². The standard InChI is InChI=1S/C22H30N12O/c1-32(18-5-3-2-4-17(18)24)19-13-27-20(21(25)35)22(30-19)29-14-10-15(33(26)8-6-23)12-16(11-14)34-9-7-28-31-34/h6-7,9-13,17-18,23H,2-5,8,24,26H2,1H3,(H2,25,35)(H,29,30). The van der Waals surface area contributed by atoms with E-state index in [9.17, 15) is 4.79 Å². The molecule has 2 unspecified atom stereocenters. The molecule has 2 aromatic heterocycles. The lowest BCUT2D eigenvalue weighted by Crippen LogP contribution is -2.48. The van der Waals surface area contributed by atoms with E-state index in [-0.39, 0.29) is 30.1 Å². The Hall–Kier alpha value is -4.10. The normalized spacial score (nSPS) is 17.6. The molecule has 13 heteroatoms. The Balaban J connectivity index is 1.72. The third-order valence-corrected chi connectivity index (χ3v) is 6.11. The molecule has 0 bridgehead atoms. The number of nitrogens with two attached hydrogens (primary N) is 3. The molecule has 1 aliphatic rings. The lowest BCUT2D eigenvalue weighted by atomic mass is 9.90. The van der Waals surface area contributed by atoms with Crippen LogP contribution in [0.2, 0.25) is 0 Å². The third kappa shape index (κ3) is 5.36. The third-order valence-electron chi connectivity index (χ3n) is 6.11. The van der Waals surface area contributed by atoms with Gasteiger partial charge >= 0.3 is 0 Å². The molecule has 1 fully saturated rings. The van der Waals surface area contributed by atoms with Crippen LogP contribution < -0.4 is 32.5 Å². The molecule has 8 N–H and O–H groups in total. The zero-order valence-electron chi connectivity index (χ0n) is 19.5. The highest BCUT2D eigenvalue weighted by Crippen LogP contribution is 2.29. The van der Waals surface area contributed by atoms with Crippen molar-refractivity contribution in [3.05, 3.63) is 42.5 Å². The van der Waals surface area contributed by atoms with Crippen molar-refractivity contribution < 1.29 is 4.79 Å². The fraction of sp³-hybridized carbons (Fsp3) is 0.364. The fourth-order valence-corrected chi connectivity index (χ4v) is 4.26. The van der Waals surface area contributed by atoms with Gasteiger partial charge in [-0.05, 0) is 31.0 Å². The van der Waals surface area contributed by atoms with Crippen LogP contribution in [0.5, 0.6) is 0 Å². The van der Waals surface area contributed by atoms with Gasteiger partial charge in [0.2, 0.25) is 0 Å². The van der Waals surface area contributed by atoms with E-state index in [0.29, 0.717) is 22.9 Å². The molecular formula is C22H30N12O. The molecule has 3 aromatic rings. The van der Waals surface area contributed by atoms with Crippen LogP contribution in [-0.2, 0) is 0 Å². The van der Waals surface area contributed by atoms with Gasteiger partial charge in [0.05, 0.1) is 36.5 Å². The topological polar surface area (TPSA) is 194 Å². The van der Waals surface area contributed by atoms with Crippen LogP contribution in [0, 0.1) is 5.41 Å². The first-order valence-electron chi connectivity index (χ1n) is 11.3. The molecule has 1 aliphatic carbocycles. The highest BCUT2D eigenvalue weighted by Gasteiger charge is 2.27. The molecule has 35 heavy (non-hydrogen) atoms. The second kappa shape index (κ2) is 10.4. The minimum atomic E-state index is -0.708. The quantitative estimate of drug-likeness (QED) is 0.168. The highest BCUT2D eigenvalue weighted by atomic mass is 16.1. The van der Waals surface area contributed by atoms with E-state index in [4.69, 9.17) is 22.7 Å². The van der Waals surface area contributed by atoms with Gasteiger partial charge in [-0.25, -0.2) is 20.5 Å². The predicted octanol–water partition coefficient (Wildman–Crippen LogP) is 0.936. The molecular weight excluding hydrogens is 448 g/mol. The molecule has 2 atom stereocenters.